The maximum atomic E-state index is 15.1. The molecule has 7 rings (SSSR count). The number of nitrogens with zero attached hydrogens (tertiary/aromatic N) is 7. The number of esters is 1. The number of nitrogens with one attached hydrogen (secondary N) is 2. The number of carbonyl (C=O) groups excluding carboxylic acids is 5. The Kier molecular flexibility index (Phi) is 17.3. The van der Waals surface area contributed by atoms with Crippen LogP contribution >= 0.6 is 0 Å². The van der Waals surface area contributed by atoms with Crippen molar-refractivity contribution in [3.63, 3.8) is 0 Å². The van der Waals surface area contributed by atoms with E-state index in [-0.39, 0.29) is 55.5 Å². The highest BCUT2D eigenvalue weighted by Gasteiger charge is 2.46. The van der Waals surface area contributed by atoms with Crippen LogP contribution < -0.4 is 15.6 Å². The summed E-state index contributed by atoms with van der Waals surface area (Å²) in [7, 11) is 7.14. The van der Waals surface area contributed by atoms with Gasteiger partial charge in [0.25, 0.3) is 5.91 Å². The molecule has 4 aliphatic heterocycles. The van der Waals surface area contributed by atoms with Crippen LogP contribution in [-0.4, -0.2) is 171 Å². The van der Waals surface area contributed by atoms with Crippen LogP contribution in [0.4, 0.5) is 10.5 Å². The van der Waals surface area contributed by atoms with Gasteiger partial charge in [0.05, 0.1) is 47.1 Å². The van der Waals surface area contributed by atoms with E-state index in [0.717, 1.165) is 39.1 Å². The van der Waals surface area contributed by atoms with Gasteiger partial charge in [-0.25, -0.2) is 10.2 Å². The zero-order chi connectivity index (χ0) is 52.2. The molecule has 3 N–H and O–H groups in total. The molecule has 1 aromatic carbocycles. The molecule has 3 fully saturated rings. The van der Waals surface area contributed by atoms with E-state index < -0.39 is 53.3 Å². The fourth-order valence-electron chi connectivity index (χ4n) is 11.2. The van der Waals surface area contributed by atoms with Crippen molar-refractivity contribution in [1.29, 1.82) is 0 Å². The number of hydrazine groups is 1. The van der Waals surface area contributed by atoms with Crippen molar-refractivity contribution >= 4 is 56.6 Å². The molecule has 2 aromatic heterocycles. The van der Waals surface area contributed by atoms with Gasteiger partial charge in [-0.05, 0) is 99.8 Å². The van der Waals surface area contributed by atoms with E-state index in [0.29, 0.717) is 71.4 Å². The van der Waals surface area contributed by atoms with Crippen LogP contribution in [0.25, 0.3) is 22.2 Å². The Bertz CT molecular complexity index is 2480. The van der Waals surface area contributed by atoms with E-state index in [4.69, 9.17) is 19.2 Å². The normalized spacial score (nSPS) is 25.0. The second-order valence-corrected chi connectivity index (χ2v) is 22.2. The first-order valence-corrected chi connectivity index (χ1v) is 26.1. The number of benzene rings is 1. The number of cyclic esters (lactones) is 1. The van der Waals surface area contributed by atoms with Gasteiger partial charge >= 0.3 is 12.0 Å². The number of ether oxygens (including phenoxy) is 3. The van der Waals surface area contributed by atoms with E-state index in [1.807, 2.05) is 33.8 Å². The number of hydrogen-bond acceptors (Lipinski definition) is 12. The molecule has 3 radical (unpaired) electrons. The first-order valence-electron chi connectivity index (χ1n) is 25.6. The molecule has 19 heteroatoms. The minimum Gasteiger partial charge on any atom is -0.464 e. The van der Waals surface area contributed by atoms with Crippen molar-refractivity contribution in [3.05, 3.63) is 60.4 Å². The molecule has 3 saturated heterocycles. The molecule has 18 nitrogen and oxygen atoms in total. The van der Waals surface area contributed by atoms with Gasteiger partial charge in [0.1, 0.15) is 24.0 Å². The maximum absolute atomic E-state index is 15.1. The number of aliphatic hydroxyl groups excluding tert-OH is 1. The van der Waals surface area contributed by atoms with Crippen molar-refractivity contribution in [2.75, 3.05) is 71.7 Å². The second kappa shape index (κ2) is 22.8. The van der Waals surface area contributed by atoms with Crippen LogP contribution in [0.15, 0.2) is 49.2 Å². The van der Waals surface area contributed by atoms with Crippen LogP contribution in [0, 0.1) is 17.3 Å². The SMILES string of the molecule is C=CC(=O)N(CO)C1CCN(C(=O)N(C)[C@H](C(=O)N[C@@]2([Si])C[C@H]3CN(CCO3)c3ccc4c(c3)c(c(-c3cccnc3[C@H](C)OC)n4CC)CC(C)(C)COC(=O)[C@@H]3CCCN(N3)C2=O)C(C)C)C[C@@H](C)C1. The zero-order valence-corrected chi connectivity index (χ0v) is 44.7. The van der Waals surface area contributed by atoms with Gasteiger partial charge < -0.3 is 48.8 Å². The van der Waals surface area contributed by atoms with Gasteiger partial charge in [-0.1, -0.05) is 41.2 Å². The lowest BCUT2D eigenvalue weighted by Crippen LogP contribution is -2.69. The molecular formula is C53H76N9O9Si. The summed E-state index contributed by atoms with van der Waals surface area (Å²) in [4.78, 5) is 82.7. The molecule has 5 amide bonds. The Hall–Kier alpha value is -5.34. The van der Waals surface area contributed by atoms with Crippen LogP contribution in [0.5, 0.6) is 0 Å². The molecule has 0 aliphatic carbocycles. The van der Waals surface area contributed by atoms with Crippen molar-refractivity contribution in [2.45, 2.75) is 129 Å². The fourth-order valence-corrected chi connectivity index (χ4v) is 11.7. The average molecular weight is 1010 g/mol. The molecule has 0 spiro atoms. The molecule has 7 atom stereocenters. The Labute approximate surface area is 428 Å². The number of hydrogen-bond donors (Lipinski definition) is 3. The number of morpholine rings is 1. The number of likely N-dealkylation sites (tertiary alicyclic amines) is 1. The van der Waals surface area contributed by atoms with Gasteiger partial charge in [0.15, 0.2) is 0 Å². The molecule has 1 unspecified atom stereocenters. The summed E-state index contributed by atoms with van der Waals surface area (Å²) >= 11 is 0. The van der Waals surface area contributed by atoms with Crippen molar-refractivity contribution in [2.24, 2.45) is 17.3 Å². The van der Waals surface area contributed by atoms with E-state index >= 15 is 4.79 Å². The number of rotatable bonds is 11. The van der Waals surface area contributed by atoms with Crippen LogP contribution in [0.2, 0.25) is 0 Å². The summed E-state index contributed by atoms with van der Waals surface area (Å²) in [6, 6.07) is 8.04. The third kappa shape index (κ3) is 11.5. The van der Waals surface area contributed by atoms with Gasteiger partial charge in [0.2, 0.25) is 11.8 Å². The molecule has 4 aliphatic rings. The zero-order valence-electron chi connectivity index (χ0n) is 43.7. The number of aryl methyl sites for hydroxylation is 1. The molecule has 3 aromatic rings. The highest BCUT2D eigenvalue weighted by molar-refractivity contribution is 6.29. The number of likely N-dealkylation sites (N-methyl/N-ethyl adjacent to an activating group) is 1. The van der Waals surface area contributed by atoms with Gasteiger partial charge in [-0.2, -0.15) is 0 Å². The lowest BCUT2D eigenvalue weighted by atomic mass is 9.84. The molecule has 72 heavy (non-hydrogen) atoms. The third-order valence-corrected chi connectivity index (χ3v) is 15.4. The predicted octanol–water partition coefficient (Wildman–Crippen LogP) is 4.77. The Morgan fingerprint density at radius 2 is 1.89 bits per heavy atom. The number of urea groups is 1. The molecule has 0 saturated carbocycles. The van der Waals surface area contributed by atoms with E-state index in [9.17, 15) is 24.3 Å². The number of aromatic nitrogens is 2. The van der Waals surface area contributed by atoms with Crippen molar-refractivity contribution < 1.29 is 43.3 Å². The third-order valence-electron chi connectivity index (χ3n) is 14.9. The summed E-state index contributed by atoms with van der Waals surface area (Å²) in [5.41, 5.74) is 8.62. The highest BCUT2D eigenvalue weighted by Crippen LogP contribution is 2.42. The monoisotopic (exact) mass is 1010 g/mol. The van der Waals surface area contributed by atoms with Gasteiger partial charge in [-0.15, -0.1) is 0 Å². The van der Waals surface area contributed by atoms with Crippen molar-refractivity contribution in [1.82, 2.24) is 40.0 Å². The van der Waals surface area contributed by atoms with E-state index in [1.54, 1.807) is 25.3 Å². The number of fused-ring (bicyclic) bond motifs is 6. The maximum Gasteiger partial charge on any atom is 0.324 e. The summed E-state index contributed by atoms with van der Waals surface area (Å²) < 4.78 is 20.8. The summed E-state index contributed by atoms with van der Waals surface area (Å²) in [6.07, 6.45) is 4.66. The largest absolute Gasteiger partial charge is 0.464 e. The first kappa shape index (κ1) is 54.4. The van der Waals surface area contributed by atoms with Gasteiger partial charge in [0, 0.05) is 99.7 Å². The number of amides is 5. The topological polar surface area (TPSA) is 191 Å². The highest BCUT2D eigenvalue weighted by atomic mass is 28.1. The van der Waals surface area contributed by atoms with Crippen LogP contribution in [-0.2, 0) is 46.4 Å². The quantitative estimate of drug-likeness (QED) is 0.103. The van der Waals surface area contributed by atoms with E-state index in [1.165, 1.54) is 20.9 Å². The minimum atomic E-state index is -1.76. The standard InChI is InChI=1S/C53H76N9O9Si/c1-11-44(64)61(32-63)37-19-22-59(29-34(5)25-37)51(68)57(9)46(33(3)4)48(65)55-53(72)27-38-30-58(23-24-70-38)36-17-18-43-40(26-36)41(47(60(43)12-2)39-15-13-20-54-45(39)35(6)69-10)28-52(7,8)31-71-49(66)42-16-14-21-62(56-42)50(53)67/h11,13,15,17-18,20,26,33-35,37-38,42,46,56,63H,1,12,14,16,19,21-25,27-32H2,2-10H3,(H,55,65)/t34-,35-,37?,38-,42-,46-,53+/m0/s1. The summed E-state index contributed by atoms with van der Waals surface area (Å²) in [5.74, 6) is -2.34. The Morgan fingerprint density at radius 3 is 2.58 bits per heavy atom. The summed E-state index contributed by atoms with van der Waals surface area (Å²) in [6.45, 7) is 20.2. The minimum absolute atomic E-state index is 0.00998. The number of pyridine rings is 1. The average Bonchev–Trinajstić information content (AvgIpc) is 3.52. The van der Waals surface area contributed by atoms with E-state index in [2.05, 4.69) is 82.1 Å². The molecule has 6 heterocycles. The summed E-state index contributed by atoms with van der Waals surface area (Å²) in [5, 5.41) is 13.8. The molecular weight excluding hydrogens is 935 g/mol. The molecule has 391 valence electrons. The number of methoxy groups -OCH3 is 1. The lowest BCUT2D eigenvalue weighted by Gasteiger charge is -2.43. The van der Waals surface area contributed by atoms with Crippen LogP contribution in [0.3, 0.4) is 0 Å². The molecule has 6 bridgehead atoms. The number of aliphatic hydroxyl groups is 1. The lowest BCUT2D eigenvalue weighted by molar-refractivity contribution is -0.156. The smallest absolute Gasteiger partial charge is 0.324 e. The van der Waals surface area contributed by atoms with Crippen molar-refractivity contribution in [3.8, 4) is 11.3 Å². The number of carbonyl (C=O) groups is 5. The fraction of sp³-hybridized carbons (Fsp3) is 0.623. The Balaban J connectivity index is 1.23. The van der Waals surface area contributed by atoms with Gasteiger partial charge in [-0.3, -0.25) is 29.2 Å². The first-order chi connectivity index (χ1) is 34.2. The second-order valence-electron chi connectivity index (χ2n) is 21.3. The Morgan fingerprint density at radius 1 is 1.12 bits per heavy atom. The van der Waals surface area contributed by atoms with Crippen LogP contribution in [0.1, 0.15) is 97.9 Å². The number of anilines is 1. The predicted molar refractivity (Wildman–Crippen MR) is 275 cm³/mol.